The van der Waals surface area contributed by atoms with Gasteiger partial charge in [0.05, 0.1) is 6.20 Å². The number of hydrogen-bond acceptors (Lipinski definition) is 5. The third-order valence-electron chi connectivity index (χ3n) is 5.33. The molecule has 0 saturated heterocycles. The fraction of sp³-hybridized carbons (Fsp3) is 0.550. The zero-order valence-corrected chi connectivity index (χ0v) is 16.6. The van der Waals surface area contributed by atoms with E-state index in [-0.39, 0.29) is 17.5 Å². The quantitative estimate of drug-likeness (QED) is 0.813. The summed E-state index contributed by atoms with van der Waals surface area (Å²) >= 11 is 0. The molecular weight excluding hydrogens is 358 g/mol. The fourth-order valence-electron chi connectivity index (χ4n) is 3.65. The second-order valence-corrected chi connectivity index (χ2v) is 8.29. The van der Waals surface area contributed by atoms with Crippen LogP contribution < -0.4 is 10.9 Å². The predicted octanol–water partition coefficient (Wildman–Crippen LogP) is 1.47. The summed E-state index contributed by atoms with van der Waals surface area (Å²) in [6.45, 7) is 6.23. The van der Waals surface area contributed by atoms with Gasteiger partial charge in [-0.1, -0.05) is 19.9 Å². The van der Waals surface area contributed by atoms with Crippen LogP contribution in [-0.2, 0) is 6.54 Å². The summed E-state index contributed by atoms with van der Waals surface area (Å²) in [6, 6.07) is 0.0955. The SMILES string of the molecule is CC(C)Cn1c(=O)c(C(=O)NC2CC2)c(O)n2ncc(C3=CCN(C)CC3)c12. The number of rotatable bonds is 5. The Morgan fingerprint density at radius 2 is 2.14 bits per heavy atom. The van der Waals surface area contributed by atoms with Gasteiger partial charge in [-0.2, -0.15) is 9.61 Å². The molecule has 0 bridgehead atoms. The van der Waals surface area contributed by atoms with Crippen LogP contribution in [0.15, 0.2) is 17.1 Å². The Bertz CT molecular complexity index is 1010. The lowest BCUT2D eigenvalue weighted by atomic mass is 10.0. The van der Waals surface area contributed by atoms with E-state index in [1.54, 1.807) is 10.8 Å². The van der Waals surface area contributed by atoms with Crippen molar-refractivity contribution in [3.8, 4) is 5.88 Å². The van der Waals surface area contributed by atoms with Crippen molar-refractivity contribution in [2.75, 3.05) is 20.1 Å². The Hall–Kier alpha value is -2.61. The third kappa shape index (κ3) is 3.32. The van der Waals surface area contributed by atoms with Crippen LogP contribution in [0.1, 0.15) is 49.0 Å². The fourth-order valence-corrected chi connectivity index (χ4v) is 3.65. The molecule has 2 aliphatic rings. The second kappa shape index (κ2) is 7.09. The van der Waals surface area contributed by atoms with Gasteiger partial charge in [-0.15, -0.1) is 0 Å². The molecule has 1 aliphatic heterocycles. The number of nitrogens with zero attached hydrogens (tertiary/aromatic N) is 4. The molecule has 3 heterocycles. The van der Waals surface area contributed by atoms with Crippen molar-refractivity contribution in [3.05, 3.63) is 33.8 Å². The molecular formula is C20H27N5O3. The van der Waals surface area contributed by atoms with Crippen LogP contribution in [0.3, 0.4) is 0 Å². The minimum Gasteiger partial charge on any atom is -0.492 e. The topological polar surface area (TPSA) is 91.9 Å². The maximum Gasteiger partial charge on any atom is 0.270 e. The van der Waals surface area contributed by atoms with E-state index < -0.39 is 17.3 Å². The number of hydrogen-bond donors (Lipinski definition) is 2. The first-order valence-electron chi connectivity index (χ1n) is 9.89. The van der Waals surface area contributed by atoms with Gasteiger partial charge in [-0.05, 0) is 37.8 Å². The first-order valence-corrected chi connectivity index (χ1v) is 9.89. The molecule has 0 radical (unpaired) electrons. The molecule has 150 valence electrons. The Labute approximate surface area is 163 Å². The number of carbonyl (C=O) groups is 1. The zero-order chi connectivity index (χ0) is 20.0. The van der Waals surface area contributed by atoms with Crippen LogP contribution in [0.25, 0.3) is 11.2 Å². The Balaban J connectivity index is 1.91. The van der Waals surface area contributed by atoms with Crippen LogP contribution >= 0.6 is 0 Å². The van der Waals surface area contributed by atoms with Gasteiger partial charge in [0, 0.05) is 31.2 Å². The van der Waals surface area contributed by atoms with Gasteiger partial charge in [0.25, 0.3) is 11.5 Å². The molecule has 28 heavy (non-hydrogen) atoms. The molecule has 1 saturated carbocycles. The number of aromatic nitrogens is 3. The van der Waals surface area contributed by atoms with Crippen molar-refractivity contribution < 1.29 is 9.90 Å². The van der Waals surface area contributed by atoms with Crippen molar-refractivity contribution in [2.24, 2.45) is 5.92 Å². The van der Waals surface area contributed by atoms with E-state index >= 15 is 0 Å². The number of carbonyl (C=O) groups excluding carboxylic acids is 1. The summed E-state index contributed by atoms with van der Waals surface area (Å²) in [5.74, 6) is -0.725. The molecule has 8 heteroatoms. The van der Waals surface area contributed by atoms with Crippen LogP contribution in [0.2, 0.25) is 0 Å². The summed E-state index contributed by atoms with van der Waals surface area (Å²) in [7, 11) is 2.06. The highest BCUT2D eigenvalue weighted by Crippen LogP contribution is 2.29. The van der Waals surface area contributed by atoms with Gasteiger partial charge in [0.1, 0.15) is 5.65 Å². The molecule has 0 atom stereocenters. The maximum atomic E-state index is 13.2. The maximum absolute atomic E-state index is 13.2. The van der Waals surface area contributed by atoms with Crippen molar-refractivity contribution >= 4 is 17.1 Å². The summed E-state index contributed by atoms with van der Waals surface area (Å²) in [4.78, 5) is 28.1. The normalized spacial score (nSPS) is 17.9. The van der Waals surface area contributed by atoms with Crippen molar-refractivity contribution in [3.63, 3.8) is 0 Å². The lowest BCUT2D eigenvalue weighted by Crippen LogP contribution is -2.36. The zero-order valence-electron chi connectivity index (χ0n) is 16.6. The standard InChI is InChI=1S/C20H27N5O3/c1-12(2)11-24-18-15(13-6-8-23(3)9-7-13)10-21-25(18)20(28)16(19(24)27)17(26)22-14-4-5-14/h6,10,12,14,28H,4-5,7-9,11H2,1-3H3,(H,22,26). The van der Waals surface area contributed by atoms with E-state index in [1.165, 1.54) is 4.52 Å². The predicted molar refractivity (Wildman–Crippen MR) is 107 cm³/mol. The average Bonchev–Trinajstić information content (AvgIpc) is 3.34. The number of likely N-dealkylation sites (N-methyl/N-ethyl adjacent to an activating group) is 1. The molecule has 1 fully saturated rings. The summed E-state index contributed by atoms with van der Waals surface area (Å²) in [6.07, 6.45) is 6.48. The van der Waals surface area contributed by atoms with Gasteiger partial charge >= 0.3 is 0 Å². The molecule has 0 unspecified atom stereocenters. The largest absolute Gasteiger partial charge is 0.492 e. The Morgan fingerprint density at radius 1 is 1.39 bits per heavy atom. The highest BCUT2D eigenvalue weighted by Gasteiger charge is 2.30. The first kappa shape index (κ1) is 18.7. The van der Waals surface area contributed by atoms with Crippen molar-refractivity contribution in [1.82, 2.24) is 24.4 Å². The van der Waals surface area contributed by atoms with E-state index in [0.717, 1.165) is 43.5 Å². The number of amides is 1. The lowest BCUT2D eigenvalue weighted by molar-refractivity contribution is 0.0944. The number of fused-ring (bicyclic) bond motifs is 1. The van der Waals surface area contributed by atoms with Crippen LogP contribution in [0, 0.1) is 5.92 Å². The van der Waals surface area contributed by atoms with Gasteiger partial charge in [0.2, 0.25) is 5.88 Å². The highest BCUT2D eigenvalue weighted by molar-refractivity contribution is 5.97. The van der Waals surface area contributed by atoms with Crippen LogP contribution in [0.5, 0.6) is 5.88 Å². The number of aromatic hydroxyl groups is 1. The van der Waals surface area contributed by atoms with Gasteiger partial charge in [-0.3, -0.25) is 14.2 Å². The minimum atomic E-state index is -0.528. The number of nitrogens with one attached hydrogen (secondary N) is 1. The Kier molecular flexibility index (Phi) is 4.74. The van der Waals surface area contributed by atoms with E-state index in [9.17, 15) is 14.7 Å². The van der Waals surface area contributed by atoms with Gasteiger partial charge in [-0.25, -0.2) is 0 Å². The van der Waals surface area contributed by atoms with E-state index in [0.29, 0.717) is 12.2 Å². The van der Waals surface area contributed by atoms with E-state index in [1.807, 2.05) is 13.8 Å². The monoisotopic (exact) mass is 385 g/mol. The molecule has 2 aromatic rings. The highest BCUT2D eigenvalue weighted by atomic mass is 16.3. The molecule has 0 spiro atoms. The summed E-state index contributed by atoms with van der Waals surface area (Å²) in [5, 5.41) is 17.9. The van der Waals surface area contributed by atoms with Crippen LogP contribution in [0.4, 0.5) is 0 Å². The average molecular weight is 385 g/mol. The molecule has 2 N–H and O–H groups in total. The van der Waals surface area contributed by atoms with Gasteiger partial charge in [0.15, 0.2) is 5.56 Å². The molecule has 0 aromatic carbocycles. The first-order chi connectivity index (χ1) is 13.4. The molecule has 4 rings (SSSR count). The summed E-state index contributed by atoms with van der Waals surface area (Å²) in [5.41, 5.74) is 1.81. The summed E-state index contributed by atoms with van der Waals surface area (Å²) < 4.78 is 2.92. The molecule has 1 amide bonds. The van der Waals surface area contributed by atoms with Gasteiger partial charge < -0.3 is 15.3 Å². The van der Waals surface area contributed by atoms with E-state index in [4.69, 9.17) is 0 Å². The van der Waals surface area contributed by atoms with E-state index in [2.05, 4.69) is 28.4 Å². The molecule has 2 aromatic heterocycles. The molecule has 1 aliphatic carbocycles. The Morgan fingerprint density at radius 3 is 2.75 bits per heavy atom. The molecule has 8 nitrogen and oxygen atoms in total. The lowest BCUT2D eigenvalue weighted by Gasteiger charge is -2.22. The third-order valence-corrected chi connectivity index (χ3v) is 5.33. The van der Waals surface area contributed by atoms with Crippen molar-refractivity contribution in [2.45, 2.75) is 45.7 Å². The van der Waals surface area contributed by atoms with Crippen LogP contribution in [-0.4, -0.2) is 56.3 Å². The van der Waals surface area contributed by atoms with Crippen molar-refractivity contribution in [1.29, 1.82) is 0 Å². The minimum absolute atomic E-state index is 0.0955. The smallest absolute Gasteiger partial charge is 0.270 e. The second-order valence-electron chi connectivity index (χ2n) is 8.29.